The van der Waals surface area contributed by atoms with Gasteiger partial charge in [-0.15, -0.1) is 0 Å². The van der Waals surface area contributed by atoms with Crippen molar-refractivity contribution in [1.29, 1.82) is 0 Å². The summed E-state index contributed by atoms with van der Waals surface area (Å²) >= 11 is 7.00. The first-order chi connectivity index (χ1) is 17.3. The Labute approximate surface area is 213 Å². The SMILES string of the molecule is O=C1S/C(=C/c2cn(Cc3c(F)cccc3Cl)c3ccccc23)C(=O)N1Cc1ccccc1[N+](=O)[O-]. The van der Waals surface area contributed by atoms with E-state index in [0.717, 1.165) is 27.6 Å². The summed E-state index contributed by atoms with van der Waals surface area (Å²) in [5, 5.41) is 11.9. The summed E-state index contributed by atoms with van der Waals surface area (Å²) in [5.74, 6) is -0.949. The highest BCUT2D eigenvalue weighted by Crippen LogP contribution is 2.36. The Balaban J connectivity index is 1.48. The maximum Gasteiger partial charge on any atom is 0.293 e. The van der Waals surface area contributed by atoms with Gasteiger partial charge in [-0.1, -0.05) is 54.1 Å². The van der Waals surface area contributed by atoms with Crippen molar-refractivity contribution < 1.29 is 18.9 Å². The Morgan fingerprint density at radius 2 is 1.75 bits per heavy atom. The van der Waals surface area contributed by atoms with Crippen LogP contribution in [0.3, 0.4) is 0 Å². The topological polar surface area (TPSA) is 85.5 Å². The van der Waals surface area contributed by atoms with Gasteiger partial charge in [0.25, 0.3) is 16.8 Å². The molecule has 0 saturated carbocycles. The third-order valence-electron chi connectivity index (χ3n) is 5.89. The van der Waals surface area contributed by atoms with Crippen molar-refractivity contribution >= 4 is 57.2 Å². The third-order valence-corrected chi connectivity index (χ3v) is 7.15. The van der Waals surface area contributed by atoms with Crippen LogP contribution in [0.15, 0.2) is 77.8 Å². The second kappa shape index (κ2) is 9.60. The largest absolute Gasteiger partial charge is 0.342 e. The lowest BCUT2D eigenvalue weighted by molar-refractivity contribution is -0.385. The number of aromatic nitrogens is 1. The van der Waals surface area contributed by atoms with Crippen LogP contribution >= 0.6 is 23.4 Å². The van der Waals surface area contributed by atoms with E-state index in [1.54, 1.807) is 30.5 Å². The quantitative estimate of drug-likeness (QED) is 0.161. The summed E-state index contributed by atoms with van der Waals surface area (Å²) in [4.78, 5) is 37.7. The van der Waals surface area contributed by atoms with Crippen molar-refractivity contribution in [2.45, 2.75) is 13.1 Å². The van der Waals surface area contributed by atoms with Crippen LogP contribution < -0.4 is 0 Å². The van der Waals surface area contributed by atoms with E-state index in [9.17, 15) is 24.1 Å². The molecule has 0 radical (unpaired) electrons. The summed E-state index contributed by atoms with van der Waals surface area (Å²) in [5.41, 5.74) is 1.94. The van der Waals surface area contributed by atoms with Gasteiger partial charge in [0.05, 0.1) is 22.9 Å². The highest BCUT2D eigenvalue weighted by molar-refractivity contribution is 8.18. The molecule has 0 spiro atoms. The second-order valence-corrected chi connectivity index (χ2v) is 9.48. The lowest BCUT2D eigenvalue weighted by Gasteiger charge is -2.12. The van der Waals surface area contributed by atoms with Gasteiger partial charge >= 0.3 is 0 Å². The van der Waals surface area contributed by atoms with Gasteiger partial charge in [-0.25, -0.2) is 4.39 Å². The molecule has 180 valence electrons. The number of carbonyl (C=O) groups excluding carboxylic acids is 2. The van der Waals surface area contributed by atoms with Crippen LogP contribution in [0.1, 0.15) is 16.7 Å². The highest BCUT2D eigenvalue weighted by atomic mass is 35.5. The number of carbonyl (C=O) groups is 2. The maximum absolute atomic E-state index is 14.4. The van der Waals surface area contributed by atoms with Crippen LogP contribution in [0.4, 0.5) is 14.9 Å². The maximum atomic E-state index is 14.4. The molecule has 2 heterocycles. The minimum Gasteiger partial charge on any atom is -0.342 e. The fourth-order valence-electron chi connectivity index (χ4n) is 4.15. The smallest absolute Gasteiger partial charge is 0.293 e. The lowest BCUT2D eigenvalue weighted by Crippen LogP contribution is -2.27. The third kappa shape index (κ3) is 4.38. The molecular weight excluding hydrogens is 505 g/mol. The first-order valence-electron chi connectivity index (χ1n) is 10.8. The molecule has 7 nitrogen and oxygen atoms in total. The zero-order valence-electron chi connectivity index (χ0n) is 18.6. The number of rotatable bonds is 6. The fourth-order valence-corrected chi connectivity index (χ4v) is 5.20. The zero-order chi connectivity index (χ0) is 25.4. The van der Waals surface area contributed by atoms with Gasteiger partial charge in [0, 0.05) is 44.9 Å². The van der Waals surface area contributed by atoms with Gasteiger partial charge in [0.15, 0.2) is 0 Å². The van der Waals surface area contributed by atoms with Gasteiger partial charge in [-0.2, -0.15) is 0 Å². The van der Waals surface area contributed by atoms with Crippen molar-refractivity contribution in [3.05, 3.63) is 115 Å². The van der Waals surface area contributed by atoms with E-state index in [1.165, 1.54) is 24.3 Å². The van der Waals surface area contributed by atoms with Crippen LogP contribution in [0, 0.1) is 15.9 Å². The first kappa shape index (κ1) is 23.8. The van der Waals surface area contributed by atoms with E-state index >= 15 is 0 Å². The standard InChI is InChI=1S/C26H17ClFN3O4S/c27-20-8-5-9-21(28)19(20)15-29-13-17(18-7-2-4-11-23(18)29)12-24-25(32)30(26(33)36-24)14-16-6-1-3-10-22(16)31(34)35/h1-13H,14-15H2/b24-12+. The van der Waals surface area contributed by atoms with Crippen LogP contribution in [-0.2, 0) is 17.9 Å². The summed E-state index contributed by atoms with van der Waals surface area (Å²) in [6.07, 6.45) is 3.40. The van der Waals surface area contributed by atoms with Gasteiger partial charge in [0.2, 0.25) is 0 Å². The predicted octanol–water partition coefficient (Wildman–Crippen LogP) is 6.63. The molecule has 5 rings (SSSR count). The number of thioether (sulfide) groups is 1. The fraction of sp³-hybridized carbons (Fsp3) is 0.0769. The molecule has 0 N–H and O–H groups in total. The molecule has 36 heavy (non-hydrogen) atoms. The van der Waals surface area contributed by atoms with Crippen molar-refractivity contribution in [3.63, 3.8) is 0 Å². The molecule has 4 aromatic rings. The van der Waals surface area contributed by atoms with Crippen LogP contribution in [-0.4, -0.2) is 25.5 Å². The zero-order valence-corrected chi connectivity index (χ0v) is 20.1. The van der Waals surface area contributed by atoms with Gasteiger partial charge in [-0.3, -0.25) is 24.6 Å². The summed E-state index contributed by atoms with van der Waals surface area (Å²) in [6, 6.07) is 18.0. The van der Waals surface area contributed by atoms with E-state index in [4.69, 9.17) is 11.6 Å². The van der Waals surface area contributed by atoms with Crippen LogP contribution in [0.25, 0.3) is 17.0 Å². The molecule has 1 aliphatic heterocycles. The average molecular weight is 522 g/mol. The number of nitrogens with zero attached hydrogens (tertiary/aromatic N) is 3. The van der Waals surface area contributed by atoms with Crippen molar-refractivity contribution in [3.8, 4) is 0 Å². The summed E-state index contributed by atoms with van der Waals surface area (Å²) in [6.45, 7) is -0.0221. The van der Waals surface area contributed by atoms with Crippen LogP contribution in [0.2, 0.25) is 5.02 Å². The first-order valence-corrected chi connectivity index (χ1v) is 12.0. The van der Waals surface area contributed by atoms with Crippen molar-refractivity contribution in [1.82, 2.24) is 9.47 Å². The molecule has 1 aliphatic rings. The predicted molar refractivity (Wildman–Crippen MR) is 137 cm³/mol. The minimum absolute atomic E-state index is 0.157. The average Bonchev–Trinajstić information content (AvgIpc) is 3.33. The number of hydrogen-bond acceptors (Lipinski definition) is 5. The normalized spacial score (nSPS) is 14.8. The van der Waals surface area contributed by atoms with Crippen LogP contribution in [0.5, 0.6) is 0 Å². The molecule has 1 saturated heterocycles. The number of nitro groups is 1. The molecule has 1 fully saturated rings. The monoisotopic (exact) mass is 521 g/mol. The van der Waals surface area contributed by atoms with E-state index in [1.807, 2.05) is 28.8 Å². The Morgan fingerprint density at radius 1 is 1.00 bits per heavy atom. The summed E-state index contributed by atoms with van der Waals surface area (Å²) < 4.78 is 16.3. The number of nitro benzene ring substituents is 1. The van der Waals surface area contributed by atoms with Crippen molar-refractivity contribution in [2.75, 3.05) is 0 Å². The molecule has 10 heteroatoms. The van der Waals surface area contributed by atoms with Gasteiger partial charge < -0.3 is 4.57 Å². The minimum atomic E-state index is -0.541. The van der Waals surface area contributed by atoms with E-state index in [-0.39, 0.29) is 29.2 Å². The Kier molecular flexibility index (Phi) is 6.34. The van der Waals surface area contributed by atoms with Crippen molar-refractivity contribution in [2.24, 2.45) is 0 Å². The molecule has 3 aromatic carbocycles. The van der Waals surface area contributed by atoms with E-state index in [2.05, 4.69) is 0 Å². The molecule has 0 atom stereocenters. The Bertz CT molecular complexity index is 1560. The number of hydrogen-bond donors (Lipinski definition) is 0. The van der Waals surface area contributed by atoms with E-state index < -0.39 is 21.9 Å². The lowest BCUT2D eigenvalue weighted by atomic mass is 10.1. The number of imide groups is 1. The number of amides is 2. The Hall–Kier alpha value is -3.95. The second-order valence-electron chi connectivity index (χ2n) is 8.08. The number of benzene rings is 3. The number of fused-ring (bicyclic) bond motifs is 1. The Morgan fingerprint density at radius 3 is 2.53 bits per heavy atom. The number of halogens is 2. The highest BCUT2D eigenvalue weighted by Gasteiger charge is 2.36. The van der Waals surface area contributed by atoms with Gasteiger partial charge in [-0.05, 0) is 36.0 Å². The molecule has 0 aliphatic carbocycles. The number of para-hydroxylation sites is 2. The van der Waals surface area contributed by atoms with Gasteiger partial charge in [0.1, 0.15) is 5.82 Å². The van der Waals surface area contributed by atoms with E-state index in [0.29, 0.717) is 16.1 Å². The molecule has 2 amide bonds. The molecular formula is C26H17ClFN3O4S. The summed E-state index contributed by atoms with van der Waals surface area (Å²) in [7, 11) is 0. The molecule has 0 unspecified atom stereocenters. The molecule has 0 bridgehead atoms. The molecule has 1 aromatic heterocycles.